The maximum atomic E-state index is 13.7. The molecule has 0 bridgehead atoms. The molecular formula is C31H40N4O5S. The molecule has 10 heteroatoms. The summed E-state index contributed by atoms with van der Waals surface area (Å²) in [6.07, 6.45) is 8.52. The number of fused-ring (bicyclic) bond motifs is 3. The lowest BCUT2D eigenvalue weighted by molar-refractivity contribution is -0.130. The Labute approximate surface area is 244 Å². The molecule has 1 aliphatic carbocycles. The zero-order chi connectivity index (χ0) is 29.1. The van der Waals surface area contributed by atoms with Crippen molar-refractivity contribution < 1.29 is 19.0 Å². The Bertz CT molecular complexity index is 1550. The molecular weight excluding hydrogens is 540 g/mol. The zero-order valence-electron chi connectivity index (χ0n) is 24.8. The number of methoxy groups -OCH3 is 1. The van der Waals surface area contributed by atoms with Gasteiger partial charge >= 0.3 is 0 Å². The highest BCUT2D eigenvalue weighted by atomic mass is 32.2. The van der Waals surface area contributed by atoms with Crippen molar-refractivity contribution >= 4 is 28.6 Å². The van der Waals surface area contributed by atoms with Gasteiger partial charge in [0.1, 0.15) is 0 Å². The predicted molar refractivity (Wildman–Crippen MR) is 160 cm³/mol. The first-order chi connectivity index (χ1) is 19.6. The van der Waals surface area contributed by atoms with Crippen LogP contribution < -0.4 is 20.3 Å². The minimum absolute atomic E-state index is 0.135. The first-order valence-corrected chi connectivity index (χ1v) is 15.7. The van der Waals surface area contributed by atoms with Crippen LogP contribution in [0.15, 0.2) is 28.0 Å². The highest BCUT2D eigenvalue weighted by molar-refractivity contribution is 7.98. The van der Waals surface area contributed by atoms with Crippen molar-refractivity contribution in [3.05, 3.63) is 51.1 Å². The molecule has 3 aliphatic rings. The fourth-order valence-corrected chi connectivity index (χ4v) is 7.59. The summed E-state index contributed by atoms with van der Waals surface area (Å²) in [4.78, 5) is 32.6. The van der Waals surface area contributed by atoms with Crippen LogP contribution in [0.3, 0.4) is 0 Å². The summed E-state index contributed by atoms with van der Waals surface area (Å²) < 4.78 is 20.8. The van der Waals surface area contributed by atoms with E-state index in [2.05, 4.69) is 15.2 Å². The summed E-state index contributed by atoms with van der Waals surface area (Å²) in [6, 6.07) is 4.48. The maximum Gasteiger partial charge on any atom is 0.254 e. The second-order valence-corrected chi connectivity index (χ2v) is 12.7. The van der Waals surface area contributed by atoms with Gasteiger partial charge in [-0.2, -0.15) is 0 Å². The number of carbonyl (C=O) groups excluding carboxylic acids is 1. The van der Waals surface area contributed by atoms with E-state index in [0.717, 1.165) is 65.8 Å². The quantitative estimate of drug-likeness (QED) is 0.397. The number of nitrogens with one attached hydrogen (secondary N) is 2. The van der Waals surface area contributed by atoms with E-state index in [4.69, 9.17) is 14.2 Å². The lowest BCUT2D eigenvalue weighted by Gasteiger charge is -2.47. The van der Waals surface area contributed by atoms with Crippen LogP contribution in [0.2, 0.25) is 0 Å². The fraction of sp³-hybridized carbons (Fsp3) is 0.548. The average molecular weight is 581 g/mol. The van der Waals surface area contributed by atoms with Gasteiger partial charge in [0.05, 0.1) is 17.2 Å². The Morgan fingerprint density at radius 3 is 2.59 bits per heavy atom. The summed E-state index contributed by atoms with van der Waals surface area (Å²) in [7, 11) is 3.75. The molecule has 1 saturated heterocycles. The fourth-order valence-electron chi connectivity index (χ4n) is 6.89. The van der Waals surface area contributed by atoms with Gasteiger partial charge < -0.3 is 29.1 Å². The second-order valence-electron chi connectivity index (χ2n) is 11.9. The van der Waals surface area contributed by atoms with Crippen LogP contribution in [0.1, 0.15) is 59.8 Å². The SMILES string of the molecule is COC1CN(C2CCC(C3(C)Oc4c(C)c(C(=O)NCc5c(SC)cc(C)[nH]c5=O)c5ccn(C)c5c4O3)CC2)C1. The molecule has 41 heavy (non-hydrogen) atoms. The number of benzene rings is 1. The van der Waals surface area contributed by atoms with Crippen molar-refractivity contribution in [3.8, 4) is 11.5 Å². The monoisotopic (exact) mass is 580 g/mol. The Kier molecular flexibility index (Phi) is 7.36. The van der Waals surface area contributed by atoms with Crippen molar-refractivity contribution in [2.75, 3.05) is 26.5 Å². The van der Waals surface area contributed by atoms with Gasteiger partial charge in [0.25, 0.3) is 17.3 Å². The number of nitrogens with zero attached hydrogens (tertiary/aromatic N) is 2. The van der Waals surface area contributed by atoms with Gasteiger partial charge in [-0.1, -0.05) is 0 Å². The Balaban J connectivity index is 1.24. The maximum absolute atomic E-state index is 13.7. The highest BCUT2D eigenvalue weighted by Gasteiger charge is 2.48. The van der Waals surface area contributed by atoms with Crippen LogP contribution in [-0.4, -0.2) is 64.7 Å². The Hall–Kier alpha value is -2.95. The van der Waals surface area contributed by atoms with Gasteiger partial charge in [-0.15, -0.1) is 11.8 Å². The number of rotatable bonds is 7. The Morgan fingerprint density at radius 2 is 1.90 bits per heavy atom. The summed E-state index contributed by atoms with van der Waals surface area (Å²) in [6.45, 7) is 8.00. The number of amides is 1. The average Bonchev–Trinajstić information content (AvgIpc) is 3.48. The van der Waals surface area contributed by atoms with Crippen molar-refractivity contribution in [2.24, 2.45) is 13.0 Å². The van der Waals surface area contributed by atoms with E-state index in [1.807, 2.05) is 57.0 Å². The molecule has 6 rings (SSSR count). The molecule has 2 aliphatic heterocycles. The largest absolute Gasteiger partial charge is 0.448 e. The number of carbonyl (C=O) groups is 1. The molecule has 4 heterocycles. The van der Waals surface area contributed by atoms with Crippen LogP contribution in [0, 0.1) is 19.8 Å². The number of thioether (sulfide) groups is 1. The van der Waals surface area contributed by atoms with Crippen molar-refractivity contribution in [1.82, 2.24) is 19.8 Å². The normalized spacial score (nSPS) is 24.5. The van der Waals surface area contributed by atoms with Crippen molar-refractivity contribution in [1.29, 1.82) is 0 Å². The van der Waals surface area contributed by atoms with E-state index in [1.54, 1.807) is 7.11 Å². The zero-order valence-corrected chi connectivity index (χ0v) is 25.6. The molecule has 1 atom stereocenters. The van der Waals surface area contributed by atoms with E-state index in [1.165, 1.54) is 11.8 Å². The lowest BCUT2D eigenvalue weighted by Crippen LogP contribution is -2.57. The molecule has 1 amide bonds. The standard InChI is InChI=1S/C31H40N4O5S/c1-17-13-24(41-6)23(29(36)33-17)14-32-30(37)25-18(2)27-28(26-22(25)11-12-34(26)4)40-31(3,39-27)19-7-9-20(10-8-19)35-15-21(16-35)38-5/h11-13,19-21H,7-10,14-16H2,1-6H3,(H,32,37)(H,33,36). The number of hydrogen-bond donors (Lipinski definition) is 2. The number of hydrogen-bond acceptors (Lipinski definition) is 7. The first kappa shape index (κ1) is 28.2. The molecule has 3 aromatic rings. The smallest absolute Gasteiger partial charge is 0.254 e. The van der Waals surface area contributed by atoms with E-state index in [-0.39, 0.29) is 23.9 Å². The molecule has 0 spiro atoms. The number of pyridine rings is 1. The lowest BCUT2D eigenvalue weighted by atomic mass is 9.80. The van der Waals surface area contributed by atoms with Crippen molar-refractivity contribution in [3.63, 3.8) is 0 Å². The molecule has 9 nitrogen and oxygen atoms in total. The van der Waals surface area contributed by atoms with Gasteiger partial charge in [0.15, 0.2) is 11.5 Å². The van der Waals surface area contributed by atoms with Gasteiger partial charge in [0, 0.05) is 86.0 Å². The van der Waals surface area contributed by atoms with Crippen LogP contribution in [0.4, 0.5) is 0 Å². The van der Waals surface area contributed by atoms with Gasteiger partial charge in [0.2, 0.25) is 0 Å². The number of H-pyrrole nitrogens is 1. The number of likely N-dealkylation sites (tertiary alicyclic amines) is 1. The molecule has 2 fully saturated rings. The molecule has 2 aromatic heterocycles. The molecule has 1 aromatic carbocycles. The topological polar surface area (TPSA) is 97.8 Å². The predicted octanol–water partition coefficient (Wildman–Crippen LogP) is 4.51. The molecule has 2 N–H and O–H groups in total. The van der Waals surface area contributed by atoms with Crippen LogP contribution in [0.5, 0.6) is 11.5 Å². The van der Waals surface area contributed by atoms with Crippen molar-refractivity contribution in [2.45, 2.75) is 75.8 Å². The minimum Gasteiger partial charge on any atom is -0.448 e. The van der Waals surface area contributed by atoms with Gasteiger partial charge in [-0.25, -0.2) is 0 Å². The number of aromatic nitrogens is 2. The molecule has 1 saturated carbocycles. The van der Waals surface area contributed by atoms with E-state index >= 15 is 0 Å². The third-order valence-corrected chi connectivity index (χ3v) is 10.2. The highest BCUT2D eigenvalue weighted by Crippen LogP contribution is 2.52. The third kappa shape index (κ3) is 4.83. The van der Waals surface area contributed by atoms with Crippen LogP contribution >= 0.6 is 11.8 Å². The summed E-state index contributed by atoms with van der Waals surface area (Å²) >= 11 is 1.50. The van der Waals surface area contributed by atoms with Gasteiger partial charge in [-0.05, 0) is 57.9 Å². The Morgan fingerprint density at radius 1 is 1.20 bits per heavy atom. The van der Waals surface area contributed by atoms with E-state index in [9.17, 15) is 9.59 Å². The molecule has 1 unspecified atom stereocenters. The first-order valence-electron chi connectivity index (χ1n) is 14.4. The van der Waals surface area contributed by atoms with Crippen LogP contribution in [0.25, 0.3) is 10.9 Å². The molecule has 0 radical (unpaired) electrons. The number of ether oxygens (including phenoxy) is 3. The minimum atomic E-state index is -0.795. The van der Waals surface area contributed by atoms with Gasteiger partial charge in [-0.3, -0.25) is 14.5 Å². The summed E-state index contributed by atoms with van der Waals surface area (Å²) in [5.41, 5.74) is 3.32. The van der Waals surface area contributed by atoms with E-state index in [0.29, 0.717) is 34.8 Å². The molecule has 220 valence electrons. The van der Waals surface area contributed by atoms with Crippen LogP contribution in [-0.2, 0) is 18.3 Å². The number of aromatic amines is 1. The second kappa shape index (κ2) is 10.7. The third-order valence-electron chi connectivity index (χ3n) is 9.36. The van der Waals surface area contributed by atoms with E-state index < -0.39 is 5.79 Å². The summed E-state index contributed by atoms with van der Waals surface area (Å²) in [5.74, 6) is 0.553. The number of aryl methyl sites for hydroxylation is 2. The summed E-state index contributed by atoms with van der Waals surface area (Å²) in [5, 5.41) is 3.82.